The maximum absolute atomic E-state index is 12.5. The van der Waals surface area contributed by atoms with Gasteiger partial charge >= 0.3 is 0 Å². The monoisotopic (exact) mass is 311 g/mol. The minimum atomic E-state index is -0.149. The van der Waals surface area contributed by atoms with Crippen LogP contribution in [0.4, 0.5) is 5.69 Å². The number of carbonyl (C=O) groups excluding carboxylic acids is 1. The number of halogens is 2. The first-order chi connectivity index (χ1) is 9.56. The molecule has 1 aliphatic heterocycles. The Morgan fingerprint density at radius 2 is 2.10 bits per heavy atom. The largest absolute Gasteiger partial charge is 0.397 e. The number of nitrogens with zero attached hydrogens (tertiary/aromatic N) is 4. The van der Waals surface area contributed by atoms with E-state index in [0.717, 1.165) is 5.82 Å². The fourth-order valence-electron chi connectivity index (χ4n) is 2.16. The molecule has 0 saturated carbocycles. The predicted molar refractivity (Wildman–Crippen MR) is 75.6 cm³/mol. The number of rotatable bonds is 1. The molecule has 0 fully saturated rings. The van der Waals surface area contributed by atoms with Gasteiger partial charge in [-0.2, -0.15) is 0 Å². The molecule has 2 heterocycles. The van der Waals surface area contributed by atoms with Crippen LogP contribution in [0.15, 0.2) is 18.5 Å². The summed E-state index contributed by atoms with van der Waals surface area (Å²) < 4.78 is 1.92. The molecule has 0 atom stereocenters. The lowest BCUT2D eigenvalue weighted by molar-refractivity contribution is 0.0707. The number of nitrogen functional groups attached to an aromatic ring is 1. The van der Waals surface area contributed by atoms with Crippen LogP contribution in [0.3, 0.4) is 0 Å². The minimum Gasteiger partial charge on any atom is -0.397 e. The highest BCUT2D eigenvalue weighted by Crippen LogP contribution is 2.30. The van der Waals surface area contributed by atoms with Crippen LogP contribution in [0.5, 0.6) is 0 Å². The lowest BCUT2D eigenvalue weighted by Crippen LogP contribution is -2.38. The molecule has 20 heavy (non-hydrogen) atoms. The quantitative estimate of drug-likeness (QED) is 0.815. The van der Waals surface area contributed by atoms with E-state index in [1.807, 2.05) is 4.57 Å². The van der Waals surface area contributed by atoms with Gasteiger partial charge in [0.1, 0.15) is 6.33 Å². The summed E-state index contributed by atoms with van der Waals surface area (Å²) in [4.78, 5) is 14.1. The third-order valence-electron chi connectivity index (χ3n) is 3.23. The molecule has 0 bridgehead atoms. The Morgan fingerprint density at radius 3 is 2.85 bits per heavy atom. The van der Waals surface area contributed by atoms with Gasteiger partial charge in [0.2, 0.25) is 0 Å². The van der Waals surface area contributed by atoms with Gasteiger partial charge in [0.15, 0.2) is 5.82 Å². The molecule has 1 aromatic heterocycles. The molecule has 2 N–H and O–H groups in total. The Balaban J connectivity index is 1.87. The first-order valence-electron chi connectivity index (χ1n) is 5.96. The van der Waals surface area contributed by atoms with E-state index in [9.17, 15) is 4.79 Å². The van der Waals surface area contributed by atoms with E-state index >= 15 is 0 Å². The number of aromatic nitrogens is 3. The van der Waals surface area contributed by atoms with Crippen LogP contribution in [0, 0.1) is 0 Å². The Bertz CT molecular complexity index is 661. The molecule has 0 aliphatic carbocycles. The molecule has 8 heteroatoms. The van der Waals surface area contributed by atoms with Crippen molar-refractivity contribution in [2.24, 2.45) is 0 Å². The van der Waals surface area contributed by atoms with Crippen LogP contribution in [0.2, 0.25) is 10.0 Å². The van der Waals surface area contributed by atoms with Crippen LogP contribution in [-0.2, 0) is 13.1 Å². The van der Waals surface area contributed by atoms with Gasteiger partial charge in [-0.1, -0.05) is 23.2 Å². The molecule has 3 rings (SSSR count). The fraction of sp³-hybridized carbons (Fsp3) is 0.250. The first-order valence-corrected chi connectivity index (χ1v) is 6.72. The Hall–Kier alpha value is -1.79. The zero-order valence-electron chi connectivity index (χ0n) is 10.4. The smallest absolute Gasteiger partial charge is 0.254 e. The standard InChI is InChI=1S/C12H11Cl2N5O/c13-8-3-7(4-9(15)11(8)14)12(20)18-1-2-19-6-16-17-10(19)5-18/h3-4,6H,1-2,5,15H2. The van der Waals surface area contributed by atoms with Gasteiger partial charge < -0.3 is 15.2 Å². The summed E-state index contributed by atoms with van der Waals surface area (Å²) in [6, 6.07) is 3.07. The Morgan fingerprint density at radius 1 is 1.30 bits per heavy atom. The van der Waals surface area contributed by atoms with Gasteiger partial charge in [0.05, 0.1) is 22.3 Å². The number of hydrogen-bond donors (Lipinski definition) is 1. The topological polar surface area (TPSA) is 77.0 Å². The van der Waals surface area contributed by atoms with Crippen LogP contribution < -0.4 is 5.73 Å². The second kappa shape index (κ2) is 4.96. The summed E-state index contributed by atoms with van der Waals surface area (Å²) in [5.74, 6) is 0.613. The first kappa shape index (κ1) is 13.2. The average molecular weight is 312 g/mol. The van der Waals surface area contributed by atoms with E-state index in [-0.39, 0.29) is 16.0 Å². The minimum absolute atomic E-state index is 0.149. The molecule has 0 spiro atoms. The Kier molecular flexibility index (Phi) is 3.27. The highest BCUT2D eigenvalue weighted by atomic mass is 35.5. The van der Waals surface area contributed by atoms with Gasteiger partial charge in [0, 0.05) is 18.7 Å². The summed E-state index contributed by atoms with van der Waals surface area (Å²) in [6.07, 6.45) is 1.66. The van der Waals surface area contributed by atoms with Crippen molar-refractivity contribution in [3.05, 3.63) is 39.9 Å². The molecule has 1 aliphatic rings. The number of nitrogens with two attached hydrogens (primary N) is 1. The number of anilines is 1. The van der Waals surface area contributed by atoms with Crippen molar-refractivity contribution < 1.29 is 4.79 Å². The zero-order chi connectivity index (χ0) is 14.3. The number of carbonyl (C=O) groups is 1. The third-order valence-corrected chi connectivity index (χ3v) is 4.05. The van der Waals surface area contributed by atoms with Crippen molar-refractivity contribution >= 4 is 34.8 Å². The van der Waals surface area contributed by atoms with Gasteiger partial charge in [0.25, 0.3) is 5.91 Å². The molecule has 2 aromatic rings. The number of amides is 1. The molecule has 104 valence electrons. The van der Waals surface area contributed by atoms with Gasteiger partial charge in [-0.15, -0.1) is 10.2 Å². The summed E-state index contributed by atoms with van der Waals surface area (Å²) >= 11 is 11.8. The molecule has 1 amide bonds. The summed E-state index contributed by atoms with van der Waals surface area (Å²) in [6.45, 7) is 1.67. The number of benzene rings is 1. The zero-order valence-corrected chi connectivity index (χ0v) is 11.9. The normalized spacial score (nSPS) is 14.2. The molecular formula is C12H11Cl2N5O. The Labute approximate surface area is 125 Å². The van der Waals surface area contributed by atoms with Crippen molar-refractivity contribution in [2.75, 3.05) is 12.3 Å². The second-order valence-electron chi connectivity index (χ2n) is 4.53. The van der Waals surface area contributed by atoms with E-state index < -0.39 is 0 Å². The van der Waals surface area contributed by atoms with E-state index in [0.29, 0.717) is 30.9 Å². The number of hydrogen-bond acceptors (Lipinski definition) is 4. The van der Waals surface area contributed by atoms with Crippen LogP contribution >= 0.6 is 23.2 Å². The van der Waals surface area contributed by atoms with Crippen molar-refractivity contribution in [3.63, 3.8) is 0 Å². The second-order valence-corrected chi connectivity index (χ2v) is 5.31. The van der Waals surface area contributed by atoms with Crippen LogP contribution in [0.1, 0.15) is 16.2 Å². The third kappa shape index (κ3) is 2.21. The van der Waals surface area contributed by atoms with Crippen LogP contribution in [-0.4, -0.2) is 32.1 Å². The average Bonchev–Trinajstić information content (AvgIpc) is 2.90. The molecular weight excluding hydrogens is 301 g/mol. The summed E-state index contributed by atoms with van der Waals surface area (Å²) in [5, 5.41) is 8.34. The van der Waals surface area contributed by atoms with E-state index in [1.165, 1.54) is 12.1 Å². The maximum atomic E-state index is 12.5. The maximum Gasteiger partial charge on any atom is 0.254 e. The van der Waals surface area contributed by atoms with Crippen molar-refractivity contribution in [2.45, 2.75) is 13.1 Å². The fourth-order valence-corrected chi connectivity index (χ4v) is 2.49. The van der Waals surface area contributed by atoms with Crippen LogP contribution in [0.25, 0.3) is 0 Å². The van der Waals surface area contributed by atoms with E-state index in [4.69, 9.17) is 28.9 Å². The number of fused-ring (bicyclic) bond motifs is 1. The molecule has 0 unspecified atom stereocenters. The summed E-state index contributed by atoms with van der Waals surface area (Å²) in [5.41, 5.74) is 6.45. The highest BCUT2D eigenvalue weighted by Gasteiger charge is 2.23. The predicted octanol–water partition coefficient (Wildman–Crippen LogP) is 1.82. The van der Waals surface area contributed by atoms with Crippen molar-refractivity contribution in [1.29, 1.82) is 0 Å². The molecule has 1 aromatic carbocycles. The van der Waals surface area contributed by atoms with E-state index in [1.54, 1.807) is 11.2 Å². The van der Waals surface area contributed by atoms with Crippen molar-refractivity contribution in [3.8, 4) is 0 Å². The highest BCUT2D eigenvalue weighted by molar-refractivity contribution is 6.43. The SMILES string of the molecule is Nc1cc(C(=O)N2CCn3cnnc3C2)cc(Cl)c1Cl. The summed E-state index contributed by atoms with van der Waals surface area (Å²) in [7, 11) is 0. The van der Waals surface area contributed by atoms with Gasteiger partial charge in [-0.05, 0) is 12.1 Å². The molecule has 0 saturated heterocycles. The van der Waals surface area contributed by atoms with Gasteiger partial charge in [-0.25, -0.2) is 0 Å². The van der Waals surface area contributed by atoms with E-state index in [2.05, 4.69) is 10.2 Å². The lowest BCUT2D eigenvalue weighted by Gasteiger charge is -2.27. The molecule has 0 radical (unpaired) electrons. The van der Waals surface area contributed by atoms with Crippen molar-refractivity contribution in [1.82, 2.24) is 19.7 Å². The van der Waals surface area contributed by atoms with Gasteiger partial charge in [-0.3, -0.25) is 4.79 Å². The molecule has 6 nitrogen and oxygen atoms in total. The lowest BCUT2D eigenvalue weighted by atomic mass is 10.1.